The number of hydrogen-bond acceptors (Lipinski definition) is 5. The van der Waals surface area contributed by atoms with Crippen LogP contribution in [0.1, 0.15) is 31.9 Å². The van der Waals surface area contributed by atoms with E-state index in [1.165, 1.54) is 5.56 Å². The van der Waals surface area contributed by atoms with Gasteiger partial charge in [0.1, 0.15) is 5.82 Å². The standard InChI is InChI=1S/C21H28N4O2/c1-14(18-13-24-17-5-4-11-23-19(17)25-18)22-12-10-15-6-8-16(9-7-15)21(2,3)20(26)27/h4-9,11,14,18,22,24H,10,12-13H2,1-3H3,(H,23,25)(H,26,27)/t14-,18-/m1/s1. The number of anilines is 2. The second kappa shape index (κ2) is 7.96. The van der Waals surface area contributed by atoms with Crippen molar-refractivity contribution in [2.45, 2.75) is 44.7 Å². The number of aromatic nitrogens is 1. The Labute approximate surface area is 160 Å². The summed E-state index contributed by atoms with van der Waals surface area (Å²) in [6, 6.07) is 12.4. The van der Waals surface area contributed by atoms with Gasteiger partial charge in [-0.25, -0.2) is 4.98 Å². The molecule has 6 nitrogen and oxygen atoms in total. The summed E-state index contributed by atoms with van der Waals surface area (Å²) in [7, 11) is 0. The molecule has 2 atom stereocenters. The lowest BCUT2D eigenvalue weighted by molar-refractivity contribution is -0.142. The highest BCUT2D eigenvalue weighted by atomic mass is 16.4. The van der Waals surface area contributed by atoms with Crippen molar-refractivity contribution in [2.24, 2.45) is 0 Å². The van der Waals surface area contributed by atoms with Crippen LogP contribution in [0.2, 0.25) is 0 Å². The van der Waals surface area contributed by atoms with Crippen LogP contribution in [-0.2, 0) is 16.6 Å². The Morgan fingerprint density at radius 1 is 1.33 bits per heavy atom. The number of nitrogens with one attached hydrogen (secondary N) is 3. The number of benzene rings is 1. The van der Waals surface area contributed by atoms with Gasteiger partial charge in [-0.15, -0.1) is 0 Å². The van der Waals surface area contributed by atoms with Gasteiger partial charge in [-0.1, -0.05) is 24.3 Å². The summed E-state index contributed by atoms with van der Waals surface area (Å²) in [6.45, 7) is 7.34. The fourth-order valence-corrected chi connectivity index (χ4v) is 3.21. The molecule has 0 spiro atoms. The lowest BCUT2D eigenvalue weighted by atomic mass is 9.84. The zero-order chi connectivity index (χ0) is 19.4. The van der Waals surface area contributed by atoms with E-state index in [0.717, 1.165) is 36.6 Å². The third kappa shape index (κ3) is 4.39. The summed E-state index contributed by atoms with van der Waals surface area (Å²) >= 11 is 0. The Kier molecular flexibility index (Phi) is 5.65. The van der Waals surface area contributed by atoms with Crippen molar-refractivity contribution in [3.8, 4) is 0 Å². The molecule has 1 aromatic carbocycles. The van der Waals surface area contributed by atoms with Gasteiger partial charge in [0.05, 0.1) is 17.1 Å². The Morgan fingerprint density at radius 2 is 2.07 bits per heavy atom. The van der Waals surface area contributed by atoms with E-state index in [1.54, 1.807) is 20.0 Å². The second-order valence-electron chi connectivity index (χ2n) is 7.65. The molecule has 0 fully saturated rings. The van der Waals surface area contributed by atoms with Crippen molar-refractivity contribution >= 4 is 17.5 Å². The maximum atomic E-state index is 11.4. The zero-order valence-electron chi connectivity index (χ0n) is 16.1. The molecule has 0 radical (unpaired) electrons. The van der Waals surface area contributed by atoms with E-state index in [4.69, 9.17) is 0 Å². The summed E-state index contributed by atoms with van der Waals surface area (Å²) in [5.74, 6) is 0.0921. The van der Waals surface area contributed by atoms with Gasteiger partial charge in [-0.05, 0) is 57.0 Å². The number of pyridine rings is 1. The molecule has 144 valence electrons. The lowest BCUT2D eigenvalue weighted by Crippen LogP contribution is -2.48. The van der Waals surface area contributed by atoms with Gasteiger partial charge in [0.2, 0.25) is 0 Å². The van der Waals surface area contributed by atoms with Crippen molar-refractivity contribution < 1.29 is 9.90 Å². The Balaban J connectivity index is 1.49. The van der Waals surface area contributed by atoms with Crippen molar-refractivity contribution in [1.29, 1.82) is 0 Å². The highest BCUT2D eigenvalue weighted by Gasteiger charge is 2.29. The maximum Gasteiger partial charge on any atom is 0.313 e. The summed E-state index contributed by atoms with van der Waals surface area (Å²) in [4.78, 5) is 15.7. The minimum absolute atomic E-state index is 0.270. The van der Waals surface area contributed by atoms with E-state index < -0.39 is 11.4 Å². The number of hydrogen-bond donors (Lipinski definition) is 4. The van der Waals surface area contributed by atoms with E-state index in [1.807, 2.05) is 36.4 Å². The number of carbonyl (C=O) groups is 1. The fourth-order valence-electron chi connectivity index (χ4n) is 3.21. The molecule has 2 aromatic rings. The van der Waals surface area contributed by atoms with Crippen LogP contribution in [0.5, 0.6) is 0 Å². The van der Waals surface area contributed by atoms with E-state index in [2.05, 4.69) is 27.9 Å². The molecule has 1 aromatic heterocycles. The van der Waals surface area contributed by atoms with Crippen LogP contribution in [0.15, 0.2) is 42.6 Å². The topological polar surface area (TPSA) is 86.3 Å². The van der Waals surface area contributed by atoms with Gasteiger partial charge in [0, 0.05) is 18.8 Å². The number of fused-ring (bicyclic) bond motifs is 1. The molecule has 2 heterocycles. The van der Waals surface area contributed by atoms with Crippen LogP contribution in [0.3, 0.4) is 0 Å². The summed E-state index contributed by atoms with van der Waals surface area (Å²) in [5, 5.41) is 19.8. The molecular weight excluding hydrogens is 340 g/mol. The first kappa shape index (κ1) is 19.2. The predicted octanol–water partition coefficient (Wildman–Crippen LogP) is 2.87. The molecule has 27 heavy (non-hydrogen) atoms. The van der Waals surface area contributed by atoms with Gasteiger partial charge in [-0.2, -0.15) is 0 Å². The van der Waals surface area contributed by atoms with Crippen molar-refractivity contribution in [1.82, 2.24) is 10.3 Å². The van der Waals surface area contributed by atoms with Crippen LogP contribution in [0.4, 0.5) is 11.5 Å². The van der Waals surface area contributed by atoms with Gasteiger partial charge in [-0.3, -0.25) is 4.79 Å². The Bertz CT molecular complexity index is 789. The lowest BCUT2D eigenvalue weighted by Gasteiger charge is -2.32. The van der Waals surface area contributed by atoms with E-state index in [-0.39, 0.29) is 12.1 Å². The smallest absolute Gasteiger partial charge is 0.313 e. The van der Waals surface area contributed by atoms with Crippen molar-refractivity contribution in [3.05, 3.63) is 53.7 Å². The van der Waals surface area contributed by atoms with Gasteiger partial charge < -0.3 is 21.1 Å². The fraction of sp³-hybridized carbons (Fsp3) is 0.429. The second-order valence-corrected chi connectivity index (χ2v) is 7.65. The summed E-state index contributed by atoms with van der Waals surface area (Å²) < 4.78 is 0. The van der Waals surface area contributed by atoms with Crippen LogP contribution < -0.4 is 16.0 Å². The van der Waals surface area contributed by atoms with Crippen LogP contribution in [-0.4, -0.2) is 41.2 Å². The number of aliphatic carboxylic acids is 1. The highest BCUT2D eigenvalue weighted by Crippen LogP contribution is 2.24. The van der Waals surface area contributed by atoms with Gasteiger partial charge in [0.25, 0.3) is 0 Å². The van der Waals surface area contributed by atoms with E-state index >= 15 is 0 Å². The molecular formula is C21H28N4O2. The SMILES string of the molecule is C[C@@H](NCCc1ccc(C(C)(C)C(=O)O)cc1)[C@H]1CNc2cccnc2N1. The highest BCUT2D eigenvalue weighted by molar-refractivity contribution is 5.80. The number of carboxylic acids is 1. The van der Waals surface area contributed by atoms with Crippen LogP contribution in [0, 0.1) is 0 Å². The molecule has 0 amide bonds. The minimum atomic E-state index is -0.866. The first-order chi connectivity index (χ1) is 12.9. The average molecular weight is 368 g/mol. The number of rotatable bonds is 7. The van der Waals surface area contributed by atoms with Crippen molar-refractivity contribution in [3.63, 3.8) is 0 Å². The molecule has 1 aliphatic rings. The molecule has 0 aliphatic carbocycles. The molecule has 6 heteroatoms. The Morgan fingerprint density at radius 3 is 2.78 bits per heavy atom. The first-order valence-electron chi connectivity index (χ1n) is 9.39. The van der Waals surface area contributed by atoms with E-state index in [9.17, 15) is 9.90 Å². The van der Waals surface area contributed by atoms with Crippen LogP contribution in [0.25, 0.3) is 0 Å². The molecule has 0 bridgehead atoms. The predicted molar refractivity (Wildman–Crippen MR) is 108 cm³/mol. The molecule has 4 N–H and O–H groups in total. The number of carboxylic acid groups (broad SMARTS) is 1. The monoisotopic (exact) mass is 368 g/mol. The largest absolute Gasteiger partial charge is 0.481 e. The molecule has 0 unspecified atom stereocenters. The third-order valence-electron chi connectivity index (χ3n) is 5.34. The maximum absolute atomic E-state index is 11.4. The number of nitrogens with zero attached hydrogens (tertiary/aromatic N) is 1. The van der Waals surface area contributed by atoms with Crippen LogP contribution >= 0.6 is 0 Å². The molecule has 0 saturated heterocycles. The Hall–Kier alpha value is -2.60. The zero-order valence-corrected chi connectivity index (χ0v) is 16.1. The molecule has 3 rings (SSSR count). The van der Waals surface area contributed by atoms with Crippen molar-refractivity contribution in [2.75, 3.05) is 23.7 Å². The normalized spacial score (nSPS) is 17.4. The summed E-state index contributed by atoms with van der Waals surface area (Å²) in [6.07, 6.45) is 2.69. The first-order valence-corrected chi connectivity index (χ1v) is 9.39. The summed E-state index contributed by atoms with van der Waals surface area (Å²) in [5.41, 5.74) is 2.20. The van der Waals surface area contributed by atoms with E-state index in [0.29, 0.717) is 0 Å². The molecule has 0 saturated carbocycles. The third-order valence-corrected chi connectivity index (χ3v) is 5.34. The minimum Gasteiger partial charge on any atom is -0.481 e. The average Bonchev–Trinajstić information content (AvgIpc) is 2.67. The van der Waals surface area contributed by atoms with Gasteiger partial charge >= 0.3 is 5.97 Å². The molecule has 1 aliphatic heterocycles. The quantitative estimate of drug-likeness (QED) is 0.601. The van der Waals surface area contributed by atoms with Gasteiger partial charge in [0.15, 0.2) is 0 Å².